The highest BCUT2D eigenvalue weighted by Crippen LogP contribution is 2.34. The molecule has 2 heterocycles. The van der Waals surface area contributed by atoms with Crippen LogP contribution in [0.5, 0.6) is 11.5 Å². The summed E-state index contributed by atoms with van der Waals surface area (Å²) in [7, 11) is 3.14. The van der Waals surface area contributed by atoms with Crippen LogP contribution in [0.1, 0.15) is 24.8 Å². The summed E-state index contributed by atoms with van der Waals surface area (Å²) >= 11 is 1.00. The van der Waals surface area contributed by atoms with Crippen LogP contribution < -0.4 is 14.4 Å². The first-order chi connectivity index (χ1) is 12.1. The first-order valence-corrected chi connectivity index (χ1v) is 9.25. The number of ether oxygens (including phenoxy) is 2. The molecule has 0 spiro atoms. The molecule has 1 aromatic carbocycles. The number of nitrogens with zero attached hydrogens (tertiary/aromatic N) is 1. The number of quaternary nitrogens is 1. The van der Waals surface area contributed by atoms with E-state index >= 15 is 0 Å². The molecule has 2 aliphatic heterocycles. The van der Waals surface area contributed by atoms with Crippen LogP contribution in [0, 0.1) is 0 Å². The van der Waals surface area contributed by atoms with Crippen molar-refractivity contribution in [2.75, 3.05) is 34.0 Å². The van der Waals surface area contributed by atoms with Crippen LogP contribution in [-0.2, 0) is 4.79 Å². The molecule has 0 aromatic heterocycles. The van der Waals surface area contributed by atoms with Crippen molar-refractivity contribution in [1.29, 1.82) is 0 Å². The lowest BCUT2D eigenvalue weighted by Crippen LogP contribution is -3.14. The lowest BCUT2D eigenvalue weighted by Gasteiger charge is -2.26. The highest BCUT2D eigenvalue weighted by Gasteiger charge is 2.37. The smallest absolute Gasteiger partial charge is 0.298 e. The molecule has 0 saturated carbocycles. The van der Waals surface area contributed by atoms with Crippen molar-refractivity contribution >= 4 is 29.0 Å². The van der Waals surface area contributed by atoms with Crippen LogP contribution in [0.25, 0.3) is 6.08 Å². The van der Waals surface area contributed by atoms with E-state index in [1.807, 2.05) is 6.07 Å². The molecule has 0 bridgehead atoms. The van der Waals surface area contributed by atoms with E-state index in [4.69, 9.17) is 9.47 Å². The van der Waals surface area contributed by atoms with Gasteiger partial charge in [-0.25, -0.2) is 4.90 Å². The van der Waals surface area contributed by atoms with Crippen LogP contribution in [0.15, 0.2) is 23.1 Å². The standard InChI is InChI=1S/C18H22N2O4S/c1-23-14-7-6-13(10-15(14)24-2)11-16-17(21)20(18(22)25-16)12-19-8-4-3-5-9-19/h6-7,10-11H,3-5,8-9,12H2,1-2H3/p+1/b16-11-. The molecule has 0 aliphatic carbocycles. The average Bonchev–Trinajstić information content (AvgIpc) is 2.90. The van der Waals surface area contributed by atoms with E-state index in [0.717, 1.165) is 43.3 Å². The van der Waals surface area contributed by atoms with Gasteiger partial charge in [0.1, 0.15) is 0 Å². The van der Waals surface area contributed by atoms with Gasteiger partial charge >= 0.3 is 0 Å². The Hall–Kier alpha value is -1.99. The van der Waals surface area contributed by atoms with Crippen LogP contribution in [0.2, 0.25) is 0 Å². The van der Waals surface area contributed by atoms with Gasteiger partial charge in [-0.2, -0.15) is 0 Å². The molecule has 25 heavy (non-hydrogen) atoms. The highest BCUT2D eigenvalue weighted by molar-refractivity contribution is 8.18. The minimum atomic E-state index is -0.206. The summed E-state index contributed by atoms with van der Waals surface area (Å²) in [5.74, 6) is 1.01. The Bertz CT molecular complexity index is 698. The summed E-state index contributed by atoms with van der Waals surface area (Å²) in [5, 5.41) is -0.185. The van der Waals surface area contributed by atoms with E-state index in [9.17, 15) is 9.59 Å². The number of piperidine rings is 1. The number of hydrogen-bond donors (Lipinski definition) is 1. The SMILES string of the molecule is COc1ccc(/C=C2\SC(=O)N(C[NH+]3CCCCC3)C2=O)cc1OC. The van der Waals surface area contributed by atoms with Crippen molar-refractivity contribution in [2.24, 2.45) is 0 Å². The Morgan fingerprint density at radius 1 is 1.12 bits per heavy atom. The molecule has 134 valence electrons. The van der Waals surface area contributed by atoms with Gasteiger partial charge in [0.2, 0.25) is 0 Å². The van der Waals surface area contributed by atoms with Gasteiger partial charge in [0.05, 0.1) is 32.2 Å². The largest absolute Gasteiger partial charge is 0.493 e. The second kappa shape index (κ2) is 7.93. The molecular weight excluding hydrogens is 340 g/mol. The minimum absolute atomic E-state index is 0.185. The van der Waals surface area contributed by atoms with Crippen LogP contribution in [-0.4, -0.2) is 50.0 Å². The zero-order chi connectivity index (χ0) is 17.8. The van der Waals surface area contributed by atoms with Gasteiger partial charge < -0.3 is 14.4 Å². The number of carbonyl (C=O) groups excluding carboxylic acids is 2. The number of likely N-dealkylation sites (tertiary alicyclic amines) is 1. The van der Waals surface area contributed by atoms with Gasteiger partial charge in [0, 0.05) is 0 Å². The summed E-state index contributed by atoms with van der Waals surface area (Å²) in [6, 6.07) is 5.42. The molecule has 2 fully saturated rings. The molecule has 2 amide bonds. The zero-order valence-electron chi connectivity index (χ0n) is 14.5. The number of rotatable bonds is 5. The Kier molecular flexibility index (Phi) is 5.65. The Balaban J connectivity index is 1.75. The molecule has 0 atom stereocenters. The molecule has 1 N–H and O–H groups in total. The molecule has 3 rings (SSSR count). The maximum absolute atomic E-state index is 12.6. The number of thioether (sulfide) groups is 1. The molecule has 7 heteroatoms. The Labute approximate surface area is 151 Å². The maximum Gasteiger partial charge on any atom is 0.298 e. The number of methoxy groups -OCH3 is 2. The Morgan fingerprint density at radius 3 is 2.52 bits per heavy atom. The van der Waals surface area contributed by atoms with Gasteiger partial charge in [0.25, 0.3) is 11.1 Å². The van der Waals surface area contributed by atoms with Crippen LogP contribution in [0.4, 0.5) is 4.79 Å². The van der Waals surface area contributed by atoms with Crippen molar-refractivity contribution in [3.63, 3.8) is 0 Å². The third kappa shape index (κ3) is 3.99. The van der Waals surface area contributed by atoms with Gasteiger partial charge in [-0.1, -0.05) is 6.07 Å². The van der Waals surface area contributed by atoms with E-state index in [0.29, 0.717) is 23.1 Å². The zero-order valence-corrected chi connectivity index (χ0v) is 15.4. The minimum Gasteiger partial charge on any atom is -0.493 e. The molecular formula is C18H23N2O4S+. The van der Waals surface area contributed by atoms with E-state index in [-0.39, 0.29) is 11.1 Å². The molecule has 0 unspecified atom stereocenters. The Morgan fingerprint density at radius 2 is 1.84 bits per heavy atom. The fraction of sp³-hybridized carbons (Fsp3) is 0.444. The molecule has 2 aliphatic rings. The van der Waals surface area contributed by atoms with E-state index in [2.05, 4.69) is 0 Å². The summed E-state index contributed by atoms with van der Waals surface area (Å²) in [4.78, 5) is 28.0. The van der Waals surface area contributed by atoms with Crippen molar-refractivity contribution < 1.29 is 24.0 Å². The summed E-state index contributed by atoms with van der Waals surface area (Å²) in [6.07, 6.45) is 5.29. The van der Waals surface area contributed by atoms with Crippen LogP contribution in [0.3, 0.4) is 0 Å². The predicted octanol–water partition coefficient (Wildman–Crippen LogP) is 1.77. The second-order valence-electron chi connectivity index (χ2n) is 6.19. The maximum atomic E-state index is 12.6. The second-order valence-corrected chi connectivity index (χ2v) is 7.19. The third-order valence-corrected chi connectivity index (χ3v) is 5.43. The number of amides is 2. The molecule has 0 radical (unpaired) electrons. The molecule has 1 aromatic rings. The van der Waals surface area contributed by atoms with Crippen molar-refractivity contribution in [1.82, 2.24) is 4.90 Å². The first-order valence-electron chi connectivity index (χ1n) is 8.43. The van der Waals surface area contributed by atoms with Gasteiger partial charge in [-0.05, 0) is 54.8 Å². The normalized spacial score (nSPS) is 20.4. The number of benzene rings is 1. The average molecular weight is 363 g/mol. The van der Waals surface area contributed by atoms with E-state index < -0.39 is 0 Å². The number of imide groups is 1. The first kappa shape index (κ1) is 17.8. The fourth-order valence-corrected chi connectivity index (χ4v) is 4.00. The number of hydrogen-bond acceptors (Lipinski definition) is 5. The lowest BCUT2D eigenvalue weighted by atomic mass is 10.1. The highest BCUT2D eigenvalue weighted by atomic mass is 32.2. The number of nitrogens with one attached hydrogen (secondary N) is 1. The van der Waals surface area contributed by atoms with Gasteiger partial charge in [0.15, 0.2) is 18.2 Å². The van der Waals surface area contributed by atoms with Crippen molar-refractivity contribution in [2.45, 2.75) is 19.3 Å². The molecule has 6 nitrogen and oxygen atoms in total. The van der Waals surface area contributed by atoms with Crippen molar-refractivity contribution in [3.05, 3.63) is 28.7 Å². The third-order valence-electron chi connectivity index (χ3n) is 4.52. The molecule has 2 saturated heterocycles. The van der Waals surface area contributed by atoms with Crippen LogP contribution >= 0.6 is 11.8 Å². The summed E-state index contributed by atoms with van der Waals surface area (Å²) in [6.45, 7) is 2.51. The quantitative estimate of drug-likeness (QED) is 0.808. The van der Waals surface area contributed by atoms with E-state index in [1.165, 1.54) is 16.2 Å². The fourth-order valence-electron chi connectivity index (χ4n) is 3.16. The lowest BCUT2D eigenvalue weighted by molar-refractivity contribution is -0.912. The van der Waals surface area contributed by atoms with Gasteiger partial charge in [-0.15, -0.1) is 0 Å². The predicted molar refractivity (Wildman–Crippen MR) is 96.8 cm³/mol. The summed E-state index contributed by atoms with van der Waals surface area (Å²) < 4.78 is 10.5. The topological polar surface area (TPSA) is 60.3 Å². The monoisotopic (exact) mass is 363 g/mol. The number of carbonyl (C=O) groups is 2. The van der Waals surface area contributed by atoms with E-state index in [1.54, 1.807) is 32.4 Å². The summed E-state index contributed by atoms with van der Waals surface area (Å²) in [5.41, 5.74) is 0.800. The van der Waals surface area contributed by atoms with Gasteiger partial charge in [-0.3, -0.25) is 9.59 Å². The van der Waals surface area contributed by atoms with Crippen molar-refractivity contribution in [3.8, 4) is 11.5 Å².